The first-order valence-corrected chi connectivity index (χ1v) is 9.00. The van der Waals surface area contributed by atoms with Gasteiger partial charge in [0, 0.05) is 23.4 Å². The first-order chi connectivity index (χ1) is 13.4. The second-order valence-electron chi connectivity index (χ2n) is 5.94. The van der Waals surface area contributed by atoms with Gasteiger partial charge in [-0.2, -0.15) is 5.10 Å². The number of amides is 1. The van der Waals surface area contributed by atoms with Crippen LogP contribution in [0.15, 0.2) is 52.6 Å². The highest BCUT2D eigenvalue weighted by Crippen LogP contribution is 2.28. The van der Waals surface area contributed by atoms with Crippen molar-refractivity contribution in [3.63, 3.8) is 0 Å². The summed E-state index contributed by atoms with van der Waals surface area (Å²) in [5.74, 6) is -1.77. The molecule has 0 atom stereocenters. The number of carbonyl (C=O) groups is 1. The number of anilines is 1. The van der Waals surface area contributed by atoms with Crippen LogP contribution in [-0.2, 0) is 7.05 Å². The van der Waals surface area contributed by atoms with Gasteiger partial charge in [-0.25, -0.2) is 18.4 Å². The van der Waals surface area contributed by atoms with E-state index < -0.39 is 17.5 Å². The molecule has 1 amide bonds. The summed E-state index contributed by atoms with van der Waals surface area (Å²) in [6.07, 6.45) is 0. The van der Waals surface area contributed by atoms with Crippen LogP contribution in [0, 0.1) is 11.6 Å². The Hall–Kier alpha value is -3.46. The zero-order valence-electron chi connectivity index (χ0n) is 14.4. The number of carbonyl (C=O) groups excluding carboxylic acids is 1. The number of nitrogens with zero attached hydrogens (tertiary/aromatic N) is 3. The van der Waals surface area contributed by atoms with Gasteiger partial charge in [0.05, 0.1) is 11.1 Å². The molecule has 2 heterocycles. The molecular formula is C19H12F2N4O2S. The van der Waals surface area contributed by atoms with E-state index in [1.165, 1.54) is 12.4 Å². The summed E-state index contributed by atoms with van der Waals surface area (Å²) in [4.78, 5) is 29.0. The highest BCUT2D eigenvalue weighted by atomic mass is 32.1. The summed E-state index contributed by atoms with van der Waals surface area (Å²) in [7, 11) is 1.46. The van der Waals surface area contributed by atoms with Crippen LogP contribution < -0.4 is 10.9 Å². The lowest BCUT2D eigenvalue weighted by atomic mass is 10.1. The molecule has 0 aliphatic rings. The molecule has 9 heteroatoms. The Morgan fingerprint density at radius 3 is 2.68 bits per heavy atom. The van der Waals surface area contributed by atoms with E-state index in [2.05, 4.69) is 15.4 Å². The molecule has 1 N–H and O–H groups in total. The number of aryl methyl sites for hydroxylation is 1. The first-order valence-electron chi connectivity index (χ1n) is 8.12. The summed E-state index contributed by atoms with van der Waals surface area (Å²) in [5, 5.41) is 9.13. The van der Waals surface area contributed by atoms with E-state index in [0.29, 0.717) is 10.8 Å². The van der Waals surface area contributed by atoms with Gasteiger partial charge in [0.1, 0.15) is 11.6 Å². The number of aromatic nitrogens is 3. The lowest BCUT2D eigenvalue weighted by molar-refractivity contribution is 0.102. The molecule has 4 aromatic rings. The minimum atomic E-state index is -0.615. The van der Waals surface area contributed by atoms with Crippen LogP contribution in [0.25, 0.3) is 22.0 Å². The molecule has 2 aromatic carbocycles. The predicted octanol–water partition coefficient (Wildman–Crippen LogP) is 3.59. The molecule has 6 nitrogen and oxygen atoms in total. The number of hydrogen-bond acceptors (Lipinski definition) is 5. The average Bonchev–Trinajstić information content (AvgIpc) is 3.14. The summed E-state index contributed by atoms with van der Waals surface area (Å²) < 4.78 is 28.4. The normalized spacial score (nSPS) is 11.0. The van der Waals surface area contributed by atoms with Gasteiger partial charge in [0.25, 0.3) is 11.5 Å². The standard InChI is InChI=1S/C19H12F2N4O2S/c1-25-18(27)12-5-3-2-4-11(12)16(24-25)17(26)23-19-22-15(9-28-19)13-8-10(20)6-7-14(13)21/h2-9H,1H3,(H,22,23,26). The zero-order valence-corrected chi connectivity index (χ0v) is 15.3. The number of hydrogen-bond donors (Lipinski definition) is 1. The highest BCUT2D eigenvalue weighted by Gasteiger charge is 2.18. The van der Waals surface area contributed by atoms with Gasteiger partial charge in [-0.1, -0.05) is 18.2 Å². The summed E-state index contributed by atoms with van der Waals surface area (Å²) in [6.45, 7) is 0. The topological polar surface area (TPSA) is 76.9 Å². The van der Waals surface area contributed by atoms with E-state index in [4.69, 9.17) is 0 Å². The number of thiazole rings is 1. The minimum Gasteiger partial charge on any atom is -0.296 e. The number of fused-ring (bicyclic) bond motifs is 1. The van der Waals surface area contributed by atoms with Crippen molar-refractivity contribution in [1.82, 2.24) is 14.8 Å². The molecule has 0 saturated heterocycles. The third-order valence-electron chi connectivity index (χ3n) is 4.10. The molecule has 0 fully saturated rings. The van der Waals surface area contributed by atoms with Crippen LogP contribution in [0.2, 0.25) is 0 Å². The molecule has 28 heavy (non-hydrogen) atoms. The van der Waals surface area contributed by atoms with Crippen molar-refractivity contribution in [3.05, 3.63) is 75.5 Å². The molecular weight excluding hydrogens is 386 g/mol. The van der Waals surface area contributed by atoms with Gasteiger partial charge in [0.2, 0.25) is 0 Å². The molecule has 0 unspecified atom stereocenters. The molecule has 0 radical (unpaired) electrons. The maximum Gasteiger partial charge on any atom is 0.278 e. The van der Waals surface area contributed by atoms with E-state index in [-0.39, 0.29) is 27.6 Å². The summed E-state index contributed by atoms with van der Waals surface area (Å²) in [6, 6.07) is 9.73. The van der Waals surface area contributed by atoms with Crippen LogP contribution >= 0.6 is 11.3 Å². The Morgan fingerprint density at radius 1 is 1.14 bits per heavy atom. The van der Waals surface area contributed by atoms with Crippen LogP contribution in [-0.4, -0.2) is 20.7 Å². The molecule has 2 aromatic heterocycles. The minimum absolute atomic E-state index is 0.00225. The van der Waals surface area contributed by atoms with E-state index in [1.807, 2.05) is 0 Å². The quantitative estimate of drug-likeness (QED) is 0.572. The Labute approximate surface area is 161 Å². The smallest absolute Gasteiger partial charge is 0.278 e. The van der Waals surface area contributed by atoms with Crippen molar-refractivity contribution in [3.8, 4) is 11.3 Å². The molecule has 0 aliphatic carbocycles. The molecule has 140 valence electrons. The van der Waals surface area contributed by atoms with Crippen molar-refractivity contribution in [2.24, 2.45) is 7.05 Å². The Bertz CT molecular complexity index is 1280. The Balaban J connectivity index is 1.68. The number of rotatable bonds is 3. The second kappa shape index (κ2) is 6.93. The summed E-state index contributed by atoms with van der Waals surface area (Å²) >= 11 is 1.07. The third kappa shape index (κ3) is 3.16. The predicted molar refractivity (Wildman–Crippen MR) is 102 cm³/mol. The number of nitrogens with one attached hydrogen (secondary N) is 1. The maximum absolute atomic E-state index is 13.9. The van der Waals surface area contributed by atoms with Gasteiger partial charge in [-0.15, -0.1) is 11.3 Å². The monoisotopic (exact) mass is 398 g/mol. The summed E-state index contributed by atoms with van der Waals surface area (Å²) in [5.41, 5.74) is -0.0466. The first kappa shape index (κ1) is 17.9. The number of halogens is 2. The van der Waals surface area contributed by atoms with Crippen molar-refractivity contribution < 1.29 is 13.6 Å². The van der Waals surface area contributed by atoms with Crippen LogP contribution in [0.4, 0.5) is 13.9 Å². The Morgan fingerprint density at radius 2 is 1.89 bits per heavy atom. The third-order valence-corrected chi connectivity index (χ3v) is 4.86. The van der Waals surface area contributed by atoms with E-state index >= 15 is 0 Å². The lowest BCUT2D eigenvalue weighted by Gasteiger charge is -2.07. The van der Waals surface area contributed by atoms with Gasteiger partial charge in [-0.05, 0) is 24.3 Å². The van der Waals surface area contributed by atoms with E-state index in [1.54, 1.807) is 24.3 Å². The van der Waals surface area contributed by atoms with E-state index in [9.17, 15) is 18.4 Å². The van der Waals surface area contributed by atoms with Crippen LogP contribution in [0.5, 0.6) is 0 Å². The fourth-order valence-corrected chi connectivity index (χ4v) is 3.48. The lowest BCUT2D eigenvalue weighted by Crippen LogP contribution is -2.25. The van der Waals surface area contributed by atoms with Crippen molar-refractivity contribution >= 4 is 33.1 Å². The molecule has 0 spiro atoms. The van der Waals surface area contributed by atoms with Crippen molar-refractivity contribution in [2.45, 2.75) is 0 Å². The van der Waals surface area contributed by atoms with Crippen molar-refractivity contribution in [1.29, 1.82) is 0 Å². The Kier molecular flexibility index (Phi) is 4.44. The highest BCUT2D eigenvalue weighted by molar-refractivity contribution is 7.14. The molecule has 0 bridgehead atoms. The van der Waals surface area contributed by atoms with Crippen LogP contribution in [0.3, 0.4) is 0 Å². The average molecular weight is 398 g/mol. The maximum atomic E-state index is 13.9. The zero-order chi connectivity index (χ0) is 19.8. The molecule has 4 rings (SSSR count). The molecule has 0 aliphatic heterocycles. The van der Waals surface area contributed by atoms with Gasteiger partial charge in [0.15, 0.2) is 10.8 Å². The number of benzene rings is 2. The SMILES string of the molecule is Cn1nc(C(=O)Nc2nc(-c3cc(F)ccc3F)cs2)c2ccccc2c1=O. The largest absolute Gasteiger partial charge is 0.296 e. The van der Waals surface area contributed by atoms with E-state index in [0.717, 1.165) is 34.2 Å². The fraction of sp³-hybridized carbons (Fsp3) is 0.0526. The van der Waals surface area contributed by atoms with Gasteiger partial charge in [-0.3, -0.25) is 14.9 Å². The van der Waals surface area contributed by atoms with Gasteiger partial charge < -0.3 is 0 Å². The fourth-order valence-electron chi connectivity index (χ4n) is 2.77. The van der Waals surface area contributed by atoms with Gasteiger partial charge >= 0.3 is 0 Å². The van der Waals surface area contributed by atoms with Crippen molar-refractivity contribution in [2.75, 3.05) is 5.32 Å². The molecule has 0 saturated carbocycles. The van der Waals surface area contributed by atoms with Crippen LogP contribution in [0.1, 0.15) is 10.5 Å². The second-order valence-corrected chi connectivity index (χ2v) is 6.80.